The number of aryl methyl sites for hydroxylation is 2. The summed E-state index contributed by atoms with van der Waals surface area (Å²) in [5, 5.41) is 0.575. The second-order valence-corrected chi connectivity index (χ2v) is 7.15. The number of carbonyl (C=O) groups excluding carboxylic acids is 3. The molecule has 1 saturated heterocycles. The van der Waals surface area contributed by atoms with Crippen molar-refractivity contribution >= 4 is 34.9 Å². The number of carbonyl (C=O) groups is 3. The molecule has 1 amide bonds. The minimum atomic E-state index is -0.583. The van der Waals surface area contributed by atoms with E-state index in [1.807, 2.05) is 19.9 Å². The zero-order valence-corrected chi connectivity index (χ0v) is 16.0. The molecule has 1 aliphatic rings. The Labute approximate surface area is 162 Å². The first-order valence-corrected chi connectivity index (χ1v) is 9.06. The first kappa shape index (κ1) is 19.1. The Morgan fingerprint density at radius 3 is 2.48 bits per heavy atom. The standard InChI is InChI=1S/C21H20ClNO4/c1-13-3-4-15(9-14(13)2)19(24)12-27-21(26)16-10-20(25)23(11-16)18-7-5-17(22)6-8-18/h3-9,16H,10-12H2,1-2H3/t16-/m0/s1. The molecule has 0 bridgehead atoms. The Morgan fingerprint density at radius 1 is 1.11 bits per heavy atom. The summed E-state index contributed by atoms with van der Waals surface area (Å²) in [6.45, 7) is 3.80. The second kappa shape index (κ2) is 7.92. The van der Waals surface area contributed by atoms with Crippen LogP contribution in [0.25, 0.3) is 0 Å². The number of esters is 1. The highest BCUT2D eigenvalue weighted by Gasteiger charge is 2.36. The van der Waals surface area contributed by atoms with E-state index < -0.39 is 11.9 Å². The minimum absolute atomic E-state index is 0.0687. The number of hydrogen-bond donors (Lipinski definition) is 0. The number of nitrogens with zero attached hydrogens (tertiary/aromatic N) is 1. The molecular formula is C21H20ClNO4. The van der Waals surface area contributed by atoms with Gasteiger partial charge in [-0.1, -0.05) is 23.7 Å². The van der Waals surface area contributed by atoms with Crippen molar-refractivity contribution in [2.45, 2.75) is 20.3 Å². The molecule has 3 rings (SSSR count). The Kier molecular flexibility index (Phi) is 5.61. The van der Waals surface area contributed by atoms with Crippen molar-refractivity contribution in [1.82, 2.24) is 0 Å². The number of rotatable bonds is 5. The normalized spacial score (nSPS) is 16.5. The summed E-state index contributed by atoms with van der Waals surface area (Å²) in [5.74, 6) is -1.53. The molecule has 6 heteroatoms. The van der Waals surface area contributed by atoms with Gasteiger partial charge in [0, 0.05) is 29.2 Å². The number of amides is 1. The molecule has 5 nitrogen and oxygen atoms in total. The van der Waals surface area contributed by atoms with Gasteiger partial charge in [-0.2, -0.15) is 0 Å². The zero-order chi connectivity index (χ0) is 19.6. The average Bonchev–Trinajstić information content (AvgIpc) is 3.04. The predicted molar refractivity (Wildman–Crippen MR) is 103 cm³/mol. The van der Waals surface area contributed by atoms with Crippen LogP contribution >= 0.6 is 11.6 Å². The number of benzene rings is 2. The number of ether oxygens (including phenoxy) is 1. The molecule has 2 aromatic carbocycles. The second-order valence-electron chi connectivity index (χ2n) is 6.71. The maximum atomic E-state index is 12.3. The molecule has 0 unspecified atom stereocenters. The lowest BCUT2D eigenvalue weighted by molar-refractivity contribution is -0.147. The molecule has 2 aromatic rings. The monoisotopic (exact) mass is 385 g/mol. The molecule has 27 heavy (non-hydrogen) atoms. The van der Waals surface area contributed by atoms with Gasteiger partial charge in [0.25, 0.3) is 0 Å². The molecule has 1 heterocycles. The quantitative estimate of drug-likeness (QED) is 0.581. The van der Waals surface area contributed by atoms with Crippen molar-refractivity contribution < 1.29 is 19.1 Å². The number of hydrogen-bond acceptors (Lipinski definition) is 4. The molecule has 0 aliphatic carbocycles. The average molecular weight is 386 g/mol. The fraction of sp³-hybridized carbons (Fsp3) is 0.286. The number of anilines is 1. The molecule has 0 N–H and O–H groups in total. The van der Waals surface area contributed by atoms with E-state index in [0.717, 1.165) is 11.1 Å². The van der Waals surface area contributed by atoms with E-state index in [0.29, 0.717) is 16.3 Å². The summed E-state index contributed by atoms with van der Waals surface area (Å²) in [4.78, 5) is 38.3. The molecule has 1 fully saturated rings. The number of halogens is 1. The van der Waals surface area contributed by atoms with Crippen molar-refractivity contribution in [3.05, 3.63) is 64.2 Å². The lowest BCUT2D eigenvalue weighted by Crippen LogP contribution is -2.27. The third-order valence-corrected chi connectivity index (χ3v) is 5.02. The fourth-order valence-corrected chi connectivity index (χ4v) is 3.11. The predicted octanol–water partition coefficient (Wildman–Crippen LogP) is 3.74. The third kappa shape index (κ3) is 4.37. The Morgan fingerprint density at radius 2 is 1.81 bits per heavy atom. The van der Waals surface area contributed by atoms with Crippen LogP contribution in [0.2, 0.25) is 5.02 Å². The molecule has 0 radical (unpaired) electrons. The maximum absolute atomic E-state index is 12.3. The molecule has 0 aromatic heterocycles. The van der Waals surface area contributed by atoms with Crippen LogP contribution in [0.1, 0.15) is 27.9 Å². The molecule has 0 spiro atoms. The maximum Gasteiger partial charge on any atom is 0.311 e. The van der Waals surface area contributed by atoms with E-state index in [9.17, 15) is 14.4 Å². The van der Waals surface area contributed by atoms with Crippen LogP contribution in [-0.4, -0.2) is 30.8 Å². The minimum Gasteiger partial charge on any atom is -0.457 e. The van der Waals surface area contributed by atoms with Gasteiger partial charge in [0.15, 0.2) is 12.4 Å². The highest BCUT2D eigenvalue weighted by molar-refractivity contribution is 6.30. The third-order valence-electron chi connectivity index (χ3n) is 4.77. The molecule has 1 atom stereocenters. The molecule has 140 valence electrons. The van der Waals surface area contributed by atoms with Crippen molar-refractivity contribution in [1.29, 1.82) is 0 Å². The van der Waals surface area contributed by atoms with E-state index in [2.05, 4.69) is 0 Å². The van der Waals surface area contributed by atoms with Crippen LogP contribution < -0.4 is 4.90 Å². The summed E-state index contributed by atoms with van der Waals surface area (Å²) in [7, 11) is 0. The molecular weight excluding hydrogens is 366 g/mol. The van der Waals surface area contributed by atoms with Crippen LogP contribution in [0.15, 0.2) is 42.5 Å². The van der Waals surface area contributed by atoms with Gasteiger partial charge >= 0.3 is 5.97 Å². The van der Waals surface area contributed by atoms with Gasteiger partial charge in [0.05, 0.1) is 5.92 Å². The van der Waals surface area contributed by atoms with E-state index >= 15 is 0 Å². The van der Waals surface area contributed by atoms with Gasteiger partial charge < -0.3 is 9.64 Å². The SMILES string of the molecule is Cc1ccc(C(=O)COC(=O)[C@H]2CC(=O)N(c3ccc(Cl)cc3)C2)cc1C. The van der Waals surface area contributed by atoms with E-state index in [1.54, 1.807) is 36.4 Å². The highest BCUT2D eigenvalue weighted by Crippen LogP contribution is 2.27. The zero-order valence-electron chi connectivity index (χ0n) is 15.2. The van der Waals surface area contributed by atoms with E-state index in [4.69, 9.17) is 16.3 Å². The number of Topliss-reactive ketones (excluding diaryl/α,β-unsaturated/α-hetero) is 1. The lowest BCUT2D eigenvalue weighted by Gasteiger charge is -2.16. The highest BCUT2D eigenvalue weighted by atomic mass is 35.5. The summed E-state index contributed by atoms with van der Waals surface area (Å²) in [6, 6.07) is 12.2. The molecule has 0 saturated carbocycles. The Hall–Kier alpha value is -2.66. The number of ketones is 1. The van der Waals surface area contributed by atoms with Crippen molar-refractivity contribution in [3.63, 3.8) is 0 Å². The van der Waals surface area contributed by atoms with Gasteiger partial charge in [-0.25, -0.2) is 0 Å². The van der Waals surface area contributed by atoms with E-state index in [1.165, 1.54) is 4.90 Å². The van der Waals surface area contributed by atoms with Crippen molar-refractivity contribution in [2.24, 2.45) is 5.92 Å². The van der Waals surface area contributed by atoms with Crippen LogP contribution in [0.5, 0.6) is 0 Å². The molecule has 1 aliphatic heterocycles. The summed E-state index contributed by atoms with van der Waals surface area (Å²) < 4.78 is 5.18. The van der Waals surface area contributed by atoms with Crippen LogP contribution in [0.4, 0.5) is 5.69 Å². The first-order valence-electron chi connectivity index (χ1n) is 8.68. The summed E-state index contributed by atoms with van der Waals surface area (Å²) in [6.07, 6.45) is 0.0687. The van der Waals surface area contributed by atoms with Crippen molar-refractivity contribution in [2.75, 3.05) is 18.1 Å². The van der Waals surface area contributed by atoms with Crippen LogP contribution in [0.3, 0.4) is 0 Å². The summed E-state index contributed by atoms with van der Waals surface area (Å²) >= 11 is 5.86. The van der Waals surface area contributed by atoms with Gasteiger partial charge in [-0.05, 0) is 55.3 Å². The topological polar surface area (TPSA) is 63.7 Å². The lowest BCUT2D eigenvalue weighted by atomic mass is 10.0. The van der Waals surface area contributed by atoms with Gasteiger partial charge in [-0.15, -0.1) is 0 Å². The van der Waals surface area contributed by atoms with Crippen LogP contribution in [0, 0.1) is 19.8 Å². The van der Waals surface area contributed by atoms with E-state index in [-0.39, 0.29) is 31.3 Å². The largest absolute Gasteiger partial charge is 0.457 e. The smallest absolute Gasteiger partial charge is 0.311 e. The van der Waals surface area contributed by atoms with Crippen molar-refractivity contribution in [3.8, 4) is 0 Å². The summed E-state index contributed by atoms with van der Waals surface area (Å²) in [5.41, 5.74) is 3.30. The fourth-order valence-electron chi connectivity index (χ4n) is 2.99. The first-order chi connectivity index (χ1) is 12.8. The van der Waals surface area contributed by atoms with Crippen LogP contribution in [-0.2, 0) is 14.3 Å². The van der Waals surface area contributed by atoms with Gasteiger partial charge in [0.1, 0.15) is 0 Å². The Bertz CT molecular complexity index is 892. The van der Waals surface area contributed by atoms with Gasteiger partial charge in [-0.3, -0.25) is 14.4 Å². The Balaban J connectivity index is 1.58. The van der Waals surface area contributed by atoms with Gasteiger partial charge in [0.2, 0.25) is 5.91 Å².